The van der Waals surface area contributed by atoms with Crippen molar-refractivity contribution in [2.75, 3.05) is 47.8 Å². The molecule has 0 bridgehead atoms. The minimum absolute atomic E-state index is 0.801. The highest BCUT2D eigenvalue weighted by Crippen LogP contribution is 2.17. The van der Waals surface area contributed by atoms with Crippen LogP contribution < -0.4 is 15.1 Å². The Morgan fingerprint density at radius 2 is 1.73 bits per heavy atom. The molecule has 0 aliphatic carbocycles. The van der Waals surface area contributed by atoms with Crippen molar-refractivity contribution in [1.82, 2.24) is 19.9 Å². The van der Waals surface area contributed by atoms with Gasteiger partial charge in [0.15, 0.2) is 0 Å². The van der Waals surface area contributed by atoms with Gasteiger partial charge in [-0.1, -0.05) is 6.92 Å². The third kappa shape index (κ3) is 3.41. The van der Waals surface area contributed by atoms with Crippen molar-refractivity contribution < 1.29 is 0 Å². The van der Waals surface area contributed by atoms with E-state index in [0.29, 0.717) is 0 Å². The second-order valence-electron chi connectivity index (χ2n) is 5.21. The van der Waals surface area contributed by atoms with Crippen LogP contribution in [0.4, 0.5) is 17.6 Å². The average Bonchev–Trinajstić information content (AvgIpc) is 2.61. The van der Waals surface area contributed by atoms with Crippen LogP contribution in [-0.4, -0.2) is 52.7 Å². The quantitative estimate of drug-likeness (QED) is 0.895. The number of hydrogen-bond donors (Lipinski definition) is 1. The molecule has 2 aromatic heterocycles. The molecular formula is C15H21N7. The number of nitrogens with zero attached hydrogens (tertiary/aromatic N) is 6. The lowest BCUT2D eigenvalue weighted by molar-refractivity contribution is 0.634. The van der Waals surface area contributed by atoms with E-state index in [9.17, 15) is 0 Å². The molecule has 0 atom stereocenters. The van der Waals surface area contributed by atoms with Crippen molar-refractivity contribution in [1.29, 1.82) is 0 Å². The Kier molecular flexibility index (Phi) is 4.62. The molecule has 1 aliphatic rings. The Morgan fingerprint density at radius 1 is 1.00 bits per heavy atom. The van der Waals surface area contributed by atoms with E-state index >= 15 is 0 Å². The molecule has 7 nitrogen and oxygen atoms in total. The lowest BCUT2D eigenvalue weighted by atomic mass is 10.3. The molecule has 0 spiro atoms. The lowest BCUT2D eigenvalue weighted by Gasteiger charge is -2.35. The first-order valence-corrected chi connectivity index (χ1v) is 7.69. The first kappa shape index (κ1) is 14.5. The van der Waals surface area contributed by atoms with Gasteiger partial charge in [-0.3, -0.25) is 0 Å². The van der Waals surface area contributed by atoms with Gasteiger partial charge in [0.1, 0.15) is 18.0 Å². The van der Waals surface area contributed by atoms with Crippen LogP contribution in [0, 0.1) is 0 Å². The molecule has 0 aromatic carbocycles. The lowest BCUT2D eigenvalue weighted by Crippen LogP contribution is -2.47. The van der Waals surface area contributed by atoms with Gasteiger partial charge in [0.2, 0.25) is 5.95 Å². The molecule has 0 amide bonds. The van der Waals surface area contributed by atoms with Crippen LogP contribution in [0.25, 0.3) is 0 Å². The highest BCUT2D eigenvalue weighted by Gasteiger charge is 2.19. The predicted molar refractivity (Wildman–Crippen MR) is 87.3 cm³/mol. The van der Waals surface area contributed by atoms with E-state index in [1.807, 2.05) is 12.1 Å². The third-order valence-corrected chi connectivity index (χ3v) is 3.65. The van der Waals surface area contributed by atoms with Gasteiger partial charge in [0, 0.05) is 51.2 Å². The fourth-order valence-electron chi connectivity index (χ4n) is 2.46. The topological polar surface area (TPSA) is 70.1 Å². The highest BCUT2D eigenvalue weighted by molar-refractivity contribution is 5.49. The Balaban J connectivity index is 1.61. The molecule has 1 aliphatic heterocycles. The number of anilines is 3. The van der Waals surface area contributed by atoms with E-state index in [0.717, 1.165) is 56.7 Å². The standard InChI is InChI=1S/C15H21N7/c1-2-4-16-13-11-14(20-12-19-13)21-7-9-22(10-8-21)15-17-5-3-6-18-15/h3,5-6,11-12H,2,4,7-10H2,1H3,(H,16,19,20). The van der Waals surface area contributed by atoms with Crippen molar-refractivity contribution in [3.8, 4) is 0 Å². The van der Waals surface area contributed by atoms with Crippen molar-refractivity contribution in [3.05, 3.63) is 30.9 Å². The minimum atomic E-state index is 0.801. The first-order chi connectivity index (χ1) is 10.9. The Bertz CT molecular complexity index is 581. The molecule has 2 aromatic rings. The van der Waals surface area contributed by atoms with E-state index in [4.69, 9.17) is 0 Å². The molecule has 0 radical (unpaired) electrons. The minimum Gasteiger partial charge on any atom is -0.370 e. The monoisotopic (exact) mass is 299 g/mol. The van der Waals surface area contributed by atoms with E-state index in [1.54, 1.807) is 18.7 Å². The molecule has 116 valence electrons. The summed E-state index contributed by atoms with van der Waals surface area (Å²) in [6.45, 7) is 6.66. The van der Waals surface area contributed by atoms with Gasteiger partial charge >= 0.3 is 0 Å². The van der Waals surface area contributed by atoms with Gasteiger partial charge in [-0.25, -0.2) is 19.9 Å². The molecule has 1 N–H and O–H groups in total. The summed E-state index contributed by atoms with van der Waals surface area (Å²) in [5, 5.41) is 3.30. The molecule has 1 saturated heterocycles. The number of nitrogens with one attached hydrogen (secondary N) is 1. The molecule has 3 heterocycles. The highest BCUT2D eigenvalue weighted by atomic mass is 15.3. The summed E-state index contributed by atoms with van der Waals surface area (Å²) in [5.41, 5.74) is 0. The SMILES string of the molecule is CCCNc1cc(N2CCN(c3ncccn3)CC2)ncn1. The Hall–Kier alpha value is -2.44. The average molecular weight is 299 g/mol. The zero-order valence-corrected chi connectivity index (χ0v) is 12.8. The summed E-state index contributed by atoms with van der Waals surface area (Å²) >= 11 is 0. The number of hydrogen-bond acceptors (Lipinski definition) is 7. The van der Waals surface area contributed by atoms with E-state index < -0.39 is 0 Å². The smallest absolute Gasteiger partial charge is 0.225 e. The summed E-state index contributed by atoms with van der Waals surface area (Å²) < 4.78 is 0. The van der Waals surface area contributed by atoms with Gasteiger partial charge in [-0.15, -0.1) is 0 Å². The maximum Gasteiger partial charge on any atom is 0.225 e. The normalized spacial score (nSPS) is 15.0. The predicted octanol–water partition coefficient (Wildman–Crippen LogP) is 1.42. The Morgan fingerprint density at radius 3 is 2.45 bits per heavy atom. The summed E-state index contributed by atoms with van der Waals surface area (Å²) in [7, 11) is 0. The zero-order chi connectivity index (χ0) is 15.2. The maximum atomic E-state index is 4.39. The van der Waals surface area contributed by atoms with Crippen LogP contribution in [0.1, 0.15) is 13.3 Å². The summed E-state index contributed by atoms with van der Waals surface area (Å²) in [6.07, 6.45) is 6.27. The molecule has 0 unspecified atom stereocenters. The largest absolute Gasteiger partial charge is 0.370 e. The van der Waals surface area contributed by atoms with Crippen molar-refractivity contribution in [2.45, 2.75) is 13.3 Å². The van der Waals surface area contributed by atoms with E-state index in [1.165, 1.54) is 0 Å². The van der Waals surface area contributed by atoms with Gasteiger partial charge in [-0.05, 0) is 12.5 Å². The summed E-state index contributed by atoms with van der Waals surface area (Å²) in [5.74, 6) is 2.66. The van der Waals surface area contributed by atoms with Crippen LogP contribution in [-0.2, 0) is 0 Å². The number of rotatable bonds is 5. The first-order valence-electron chi connectivity index (χ1n) is 7.69. The van der Waals surface area contributed by atoms with Gasteiger partial charge in [0.25, 0.3) is 0 Å². The second-order valence-corrected chi connectivity index (χ2v) is 5.21. The molecule has 1 fully saturated rings. The number of aromatic nitrogens is 4. The Labute approximate surface area is 130 Å². The van der Waals surface area contributed by atoms with E-state index in [2.05, 4.69) is 42.0 Å². The van der Waals surface area contributed by atoms with Crippen molar-refractivity contribution >= 4 is 17.6 Å². The summed E-state index contributed by atoms with van der Waals surface area (Å²) in [4.78, 5) is 21.7. The zero-order valence-electron chi connectivity index (χ0n) is 12.8. The van der Waals surface area contributed by atoms with Gasteiger partial charge < -0.3 is 15.1 Å². The van der Waals surface area contributed by atoms with Crippen molar-refractivity contribution in [2.24, 2.45) is 0 Å². The van der Waals surface area contributed by atoms with E-state index in [-0.39, 0.29) is 0 Å². The molecule has 22 heavy (non-hydrogen) atoms. The number of piperazine rings is 1. The third-order valence-electron chi connectivity index (χ3n) is 3.65. The van der Waals surface area contributed by atoms with Crippen molar-refractivity contribution in [3.63, 3.8) is 0 Å². The second kappa shape index (κ2) is 7.02. The van der Waals surface area contributed by atoms with Crippen LogP contribution in [0.5, 0.6) is 0 Å². The van der Waals surface area contributed by atoms with Crippen LogP contribution in [0.3, 0.4) is 0 Å². The molecule has 0 saturated carbocycles. The maximum absolute atomic E-state index is 4.39. The molecule has 7 heteroatoms. The molecular weight excluding hydrogens is 278 g/mol. The van der Waals surface area contributed by atoms with Gasteiger partial charge in [0.05, 0.1) is 0 Å². The van der Waals surface area contributed by atoms with Crippen LogP contribution >= 0.6 is 0 Å². The van der Waals surface area contributed by atoms with Crippen LogP contribution in [0.2, 0.25) is 0 Å². The van der Waals surface area contributed by atoms with Gasteiger partial charge in [-0.2, -0.15) is 0 Å². The fraction of sp³-hybridized carbons (Fsp3) is 0.467. The summed E-state index contributed by atoms with van der Waals surface area (Å²) in [6, 6.07) is 3.86. The fourth-order valence-corrected chi connectivity index (χ4v) is 2.46. The van der Waals surface area contributed by atoms with Crippen LogP contribution in [0.15, 0.2) is 30.9 Å². The molecule has 3 rings (SSSR count).